The summed E-state index contributed by atoms with van der Waals surface area (Å²) in [6, 6.07) is 8.23. The van der Waals surface area contributed by atoms with Crippen molar-refractivity contribution < 1.29 is 50.0 Å². The van der Waals surface area contributed by atoms with E-state index in [0.717, 1.165) is 5.56 Å². The first-order valence-corrected chi connectivity index (χ1v) is 9.73. The van der Waals surface area contributed by atoms with Crippen molar-refractivity contribution >= 4 is 0 Å². The Morgan fingerprint density at radius 3 is 2.07 bits per heavy atom. The fourth-order valence-corrected chi connectivity index (χ4v) is 3.63. The minimum atomic E-state index is -1.68. The summed E-state index contributed by atoms with van der Waals surface area (Å²) in [6.07, 6.45) is -12.9. The monoisotopic (exact) mass is 431 g/mol. The van der Waals surface area contributed by atoms with Crippen molar-refractivity contribution in [3.63, 3.8) is 0 Å². The van der Waals surface area contributed by atoms with Crippen molar-refractivity contribution in [2.75, 3.05) is 13.2 Å². The molecule has 11 heteroatoms. The number of ether oxygens (including phenoxy) is 3. The van der Waals surface area contributed by atoms with E-state index in [9.17, 15) is 35.7 Å². The third kappa shape index (κ3) is 4.98. The number of nitrogens with one attached hydrogen (secondary N) is 1. The molecule has 0 saturated carbocycles. The summed E-state index contributed by atoms with van der Waals surface area (Å²) in [4.78, 5) is 0. The van der Waals surface area contributed by atoms with Gasteiger partial charge in [0.25, 0.3) is 0 Å². The van der Waals surface area contributed by atoms with Crippen molar-refractivity contribution in [2.45, 2.75) is 67.9 Å². The van der Waals surface area contributed by atoms with Gasteiger partial charge < -0.3 is 55.3 Å². The highest BCUT2D eigenvalue weighted by Crippen LogP contribution is 2.28. The molecule has 2 heterocycles. The molecule has 3 rings (SSSR count). The fourth-order valence-electron chi connectivity index (χ4n) is 3.63. The number of benzene rings is 1. The minimum Gasteiger partial charge on any atom is -0.394 e. The normalized spacial score (nSPS) is 42.2. The molecule has 0 amide bonds. The maximum atomic E-state index is 10.6. The number of hydrogen-bond acceptors (Lipinski definition) is 11. The molecule has 1 aromatic carbocycles. The van der Waals surface area contributed by atoms with E-state index in [1.54, 1.807) is 0 Å². The van der Waals surface area contributed by atoms with Gasteiger partial charge in [-0.25, -0.2) is 0 Å². The highest BCUT2D eigenvalue weighted by Gasteiger charge is 2.50. The first kappa shape index (κ1) is 23.4. The summed E-state index contributed by atoms with van der Waals surface area (Å²) < 4.78 is 16.3. The molecular weight excluding hydrogens is 402 g/mol. The lowest BCUT2D eigenvalue weighted by Crippen LogP contribution is -2.67. The maximum Gasteiger partial charge on any atom is 0.187 e. The van der Waals surface area contributed by atoms with Crippen LogP contribution in [0.4, 0.5) is 0 Å². The van der Waals surface area contributed by atoms with Crippen LogP contribution in [0.15, 0.2) is 30.3 Å². The average Bonchev–Trinajstić information content (AvgIpc) is 2.76. The second-order valence-electron chi connectivity index (χ2n) is 7.43. The van der Waals surface area contributed by atoms with E-state index < -0.39 is 74.6 Å². The molecule has 0 spiro atoms. The van der Waals surface area contributed by atoms with Crippen molar-refractivity contribution in [1.29, 1.82) is 0 Å². The van der Waals surface area contributed by atoms with E-state index in [1.807, 2.05) is 30.3 Å². The molecule has 1 aromatic rings. The number of aliphatic hydroxyl groups is 7. The highest BCUT2D eigenvalue weighted by molar-refractivity contribution is 5.14. The van der Waals surface area contributed by atoms with Gasteiger partial charge in [-0.1, -0.05) is 30.3 Å². The molecule has 2 saturated heterocycles. The third-order valence-corrected chi connectivity index (χ3v) is 5.40. The molecule has 8 N–H and O–H groups in total. The van der Waals surface area contributed by atoms with Gasteiger partial charge in [-0.05, 0) is 5.56 Å². The van der Waals surface area contributed by atoms with Gasteiger partial charge in [0.2, 0.25) is 0 Å². The molecule has 2 aliphatic heterocycles. The van der Waals surface area contributed by atoms with Gasteiger partial charge in [0.15, 0.2) is 12.6 Å². The summed E-state index contributed by atoms with van der Waals surface area (Å²) in [6.45, 7) is -0.951. The standard InChI is InChI=1S/C19H29NO10/c21-7-10-13(23)15(25)16(26)19(29-10)30-17-12(18(27)28-11(8-22)14(17)24)20-6-9-4-2-1-3-5-9/h1-5,10-27H,6-8H2/t10?,11?,12-,13+,14+,15?,16-,17?,18-,19+/m1/s1. The largest absolute Gasteiger partial charge is 0.394 e. The summed E-state index contributed by atoms with van der Waals surface area (Å²) in [5.74, 6) is 0. The predicted molar refractivity (Wildman–Crippen MR) is 99.7 cm³/mol. The Bertz CT molecular complexity index is 649. The highest BCUT2D eigenvalue weighted by atomic mass is 16.7. The first-order valence-electron chi connectivity index (χ1n) is 9.73. The molecule has 0 bridgehead atoms. The van der Waals surface area contributed by atoms with Gasteiger partial charge >= 0.3 is 0 Å². The van der Waals surface area contributed by atoms with Crippen LogP contribution in [0.25, 0.3) is 0 Å². The Labute approximate surface area is 173 Å². The van der Waals surface area contributed by atoms with Crippen LogP contribution in [0.2, 0.25) is 0 Å². The zero-order valence-electron chi connectivity index (χ0n) is 16.1. The quantitative estimate of drug-likeness (QED) is 0.214. The van der Waals surface area contributed by atoms with Crippen molar-refractivity contribution in [1.82, 2.24) is 5.32 Å². The summed E-state index contributed by atoms with van der Waals surface area (Å²) in [5, 5.41) is 72.9. The topological polar surface area (TPSA) is 181 Å². The van der Waals surface area contributed by atoms with E-state index in [0.29, 0.717) is 0 Å². The molecule has 170 valence electrons. The number of aliphatic hydroxyl groups excluding tert-OH is 7. The zero-order valence-corrected chi connectivity index (χ0v) is 16.1. The van der Waals surface area contributed by atoms with Gasteiger partial charge in [-0.2, -0.15) is 0 Å². The second-order valence-corrected chi connectivity index (χ2v) is 7.43. The molecule has 0 aromatic heterocycles. The molecule has 10 atom stereocenters. The summed E-state index contributed by atoms with van der Waals surface area (Å²) in [7, 11) is 0. The smallest absolute Gasteiger partial charge is 0.187 e. The van der Waals surface area contributed by atoms with E-state index in [4.69, 9.17) is 14.2 Å². The van der Waals surface area contributed by atoms with Gasteiger partial charge in [-0.15, -0.1) is 0 Å². The van der Waals surface area contributed by atoms with Crippen LogP contribution in [-0.4, -0.2) is 110 Å². The van der Waals surface area contributed by atoms with Crippen LogP contribution in [0, 0.1) is 0 Å². The Balaban J connectivity index is 1.77. The predicted octanol–water partition coefficient (Wildman–Crippen LogP) is -3.60. The van der Waals surface area contributed by atoms with E-state index >= 15 is 0 Å². The van der Waals surface area contributed by atoms with Crippen LogP contribution in [-0.2, 0) is 20.8 Å². The van der Waals surface area contributed by atoms with Crippen LogP contribution >= 0.6 is 0 Å². The summed E-state index contributed by atoms with van der Waals surface area (Å²) in [5.41, 5.74) is 0.884. The lowest BCUT2D eigenvalue weighted by atomic mass is 9.95. The van der Waals surface area contributed by atoms with Crippen LogP contribution < -0.4 is 5.32 Å². The maximum absolute atomic E-state index is 10.6. The average molecular weight is 431 g/mol. The molecule has 2 aliphatic rings. The second kappa shape index (κ2) is 10.4. The molecule has 0 radical (unpaired) electrons. The Morgan fingerprint density at radius 1 is 0.800 bits per heavy atom. The fraction of sp³-hybridized carbons (Fsp3) is 0.684. The summed E-state index contributed by atoms with van der Waals surface area (Å²) >= 11 is 0. The molecule has 11 nitrogen and oxygen atoms in total. The molecule has 2 fully saturated rings. The number of rotatable bonds is 7. The first-order chi connectivity index (χ1) is 14.4. The van der Waals surface area contributed by atoms with E-state index in [1.165, 1.54) is 0 Å². The van der Waals surface area contributed by atoms with Gasteiger partial charge in [0, 0.05) is 6.54 Å². The van der Waals surface area contributed by atoms with Crippen LogP contribution in [0.1, 0.15) is 5.56 Å². The SMILES string of the molecule is OCC1O[C@@H](OC2[C@@H](O)C(CO)O[C@@H](O)[C@@H]2NCc2ccccc2)[C@H](O)C(O)[C@H]1O. The molecule has 4 unspecified atom stereocenters. The van der Waals surface area contributed by atoms with E-state index in [2.05, 4.69) is 5.32 Å². The Hall–Kier alpha value is -1.22. The van der Waals surface area contributed by atoms with Gasteiger partial charge in [0.05, 0.1) is 19.3 Å². The number of hydrogen-bond donors (Lipinski definition) is 8. The van der Waals surface area contributed by atoms with Crippen LogP contribution in [0.5, 0.6) is 0 Å². The molecular formula is C19H29NO10. The van der Waals surface area contributed by atoms with Crippen molar-refractivity contribution in [2.24, 2.45) is 0 Å². The Kier molecular flexibility index (Phi) is 8.12. The van der Waals surface area contributed by atoms with Gasteiger partial charge in [0.1, 0.15) is 42.7 Å². The van der Waals surface area contributed by atoms with Crippen molar-refractivity contribution in [3.8, 4) is 0 Å². The van der Waals surface area contributed by atoms with E-state index in [-0.39, 0.29) is 6.54 Å². The van der Waals surface area contributed by atoms with Gasteiger partial charge in [-0.3, -0.25) is 0 Å². The molecule has 0 aliphatic carbocycles. The lowest BCUT2D eigenvalue weighted by Gasteiger charge is -2.46. The Morgan fingerprint density at radius 2 is 1.43 bits per heavy atom. The molecule has 30 heavy (non-hydrogen) atoms. The van der Waals surface area contributed by atoms with Crippen molar-refractivity contribution in [3.05, 3.63) is 35.9 Å². The third-order valence-electron chi connectivity index (χ3n) is 5.40. The lowest BCUT2D eigenvalue weighted by molar-refractivity contribution is -0.342. The minimum absolute atomic E-state index is 0.289. The van der Waals surface area contributed by atoms with Crippen LogP contribution in [0.3, 0.4) is 0 Å². The zero-order chi connectivity index (χ0) is 21.8.